The van der Waals surface area contributed by atoms with Crippen molar-refractivity contribution in [2.75, 3.05) is 26.2 Å². The molecule has 2 aliphatic heterocycles. The van der Waals surface area contributed by atoms with Gasteiger partial charge in [0.1, 0.15) is 0 Å². The minimum atomic E-state index is -0.309. The molecule has 0 spiro atoms. The number of rotatable bonds is 2. The predicted octanol–water partition coefficient (Wildman–Crippen LogP) is -1.48. The van der Waals surface area contributed by atoms with Gasteiger partial charge in [-0.1, -0.05) is 0 Å². The van der Waals surface area contributed by atoms with Crippen molar-refractivity contribution < 1.29 is 9.90 Å². The summed E-state index contributed by atoms with van der Waals surface area (Å²) in [6, 6.07) is 0.159. The maximum absolute atomic E-state index is 11.1. The summed E-state index contributed by atoms with van der Waals surface area (Å²) in [4.78, 5) is 13.3. The Morgan fingerprint density at radius 1 is 1.47 bits per heavy atom. The minimum Gasteiger partial charge on any atom is -0.390 e. The van der Waals surface area contributed by atoms with Gasteiger partial charge in [-0.05, 0) is 19.4 Å². The summed E-state index contributed by atoms with van der Waals surface area (Å²) < 4.78 is 0. The lowest BCUT2D eigenvalue weighted by Gasteiger charge is -2.36. The molecular formula is C10H19N3O2. The summed E-state index contributed by atoms with van der Waals surface area (Å²) in [5, 5.41) is 12.9. The zero-order chi connectivity index (χ0) is 10.8. The minimum absolute atomic E-state index is 0.0356. The average Bonchev–Trinajstić information content (AvgIpc) is 2.64. The zero-order valence-electron chi connectivity index (χ0n) is 8.85. The van der Waals surface area contributed by atoms with Gasteiger partial charge in [-0.3, -0.25) is 9.69 Å². The van der Waals surface area contributed by atoms with Gasteiger partial charge in [-0.15, -0.1) is 0 Å². The molecule has 2 heterocycles. The summed E-state index contributed by atoms with van der Waals surface area (Å²) in [6.45, 7) is 3.14. The van der Waals surface area contributed by atoms with Gasteiger partial charge < -0.3 is 16.2 Å². The molecule has 0 aromatic rings. The van der Waals surface area contributed by atoms with Crippen LogP contribution in [0.3, 0.4) is 0 Å². The number of aliphatic hydroxyl groups excluding tert-OH is 1. The van der Waals surface area contributed by atoms with Gasteiger partial charge in [0.15, 0.2) is 0 Å². The fraction of sp³-hybridized carbons (Fsp3) is 0.900. The number of hydrogen-bond acceptors (Lipinski definition) is 4. The smallest absolute Gasteiger partial charge is 0.221 e. The molecule has 0 aromatic carbocycles. The number of piperidine rings is 1. The fourth-order valence-corrected chi connectivity index (χ4v) is 2.56. The van der Waals surface area contributed by atoms with Gasteiger partial charge in [0.2, 0.25) is 5.91 Å². The van der Waals surface area contributed by atoms with Crippen molar-refractivity contribution >= 4 is 5.91 Å². The van der Waals surface area contributed by atoms with Crippen LogP contribution < -0.4 is 11.1 Å². The van der Waals surface area contributed by atoms with Crippen LogP contribution in [-0.4, -0.2) is 54.2 Å². The molecule has 15 heavy (non-hydrogen) atoms. The lowest BCUT2D eigenvalue weighted by atomic mass is 9.95. The number of nitrogens with two attached hydrogens (primary N) is 1. The van der Waals surface area contributed by atoms with E-state index in [2.05, 4.69) is 10.2 Å². The molecule has 2 saturated heterocycles. The van der Waals surface area contributed by atoms with Gasteiger partial charge in [0, 0.05) is 25.7 Å². The molecule has 0 radical (unpaired) electrons. The fourth-order valence-electron chi connectivity index (χ4n) is 2.56. The van der Waals surface area contributed by atoms with Crippen LogP contribution in [-0.2, 0) is 4.79 Å². The molecule has 0 saturated carbocycles. The van der Waals surface area contributed by atoms with Crippen molar-refractivity contribution in [3.8, 4) is 0 Å². The summed E-state index contributed by atoms with van der Waals surface area (Å²) in [7, 11) is 0. The standard InChI is InChI=1S/C10H19N3O2/c11-10(15)7-2-1-3-13(6-7)8-4-12-5-9(8)14/h7-9,12,14H,1-6H2,(H2,11,15). The van der Waals surface area contributed by atoms with Crippen molar-refractivity contribution in [3.05, 3.63) is 0 Å². The Hall–Kier alpha value is -0.650. The Kier molecular flexibility index (Phi) is 3.23. The summed E-state index contributed by atoms with van der Waals surface area (Å²) >= 11 is 0. The first-order valence-corrected chi connectivity index (χ1v) is 5.60. The summed E-state index contributed by atoms with van der Waals surface area (Å²) in [5.74, 6) is -0.244. The van der Waals surface area contributed by atoms with E-state index in [0.29, 0.717) is 13.1 Å². The molecule has 3 unspecified atom stereocenters. The topological polar surface area (TPSA) is 78.6 Å². The maximum atomic E-state index is 11.1. The molecule has 1 amide bonds. The van der Waals surface area contributed by atoms with Crippen LogP contribution in [0.5, 0.6) is 0 Å². The highest BCUT2D eigenvalue weighted by atomic mass is 16.3. The Bertz CT molecular complexity index is 247. The number of likely N-dealkylation sites (tertiary alicyclic amines) is 1. The number of carbonyl (C=O) groups is 1. The third kappa shape index (κ3) is 2.30. The second-order valence-corrected chi connectivity index (χ2v) is 4.53. The molecule has 86 valence electrons. The Morgan fingerprint density at radius 3 is 2.87 bits per heavy atom. The number of amides is 1. The van der Waals surface area contributed by atoms with E-state index >= 15 is 0 Å². The lowest BCUT2D eigenvalue weighted by molar-refractivity contribution is -0.124. The number of nitrogens with zero attached hydrogens (tertiary/aromatic N) is 1. The van der Waals surface area contributed by atoms with E-state index in [1.807, 2.05) is 0 Å². The summed E-state index contributed by atoms with van der Waals surface area (Å²) in [6.07, 6.45) is 1.58. The van der Waals surface area contributed by atoms with Gasteiger partial charge in [0.25, 0.3) is 0 Å². The Morgan fingerprint density at radius 2 is 2.27 bits per heavy atom. The quantitative estimate of drug-likeness (QED) is 0.522. The number of carbonyl (C=O) groups excluding carboxylic acids is 1. The average molecular weight is 213 g/mol. The lowest BCUT2D eigenvalue weighted by Crippen LogP contribution is -2.50. The number of primary amides is 1. The highest BCUT2D eigenvalue weighted by Gasteiger charge is 2.34. The first-order valence-electron chi connectivity index (χ1n) is 5.60. The zero-order valence-corrected chi connectivity index (χ0v) is 8.85. The molecule has 5 nitrogen and oxygen atoms in total. The number of hydrogen-bond donors (Lipinski definition) is 3. The number of aliphatic hydroxyl groups is 1. The van der Waals surface area contributed by atoms with E-state index < -0.39 is 0 Å². The van der Waals surface area contributed by atoms with E-state index in [9.17, 15) is 9.90 Å². The van der Waals surface area contributed by atoms with Crippen molar-refractivity contribution in [2.24, 2.45) is 11.7 Å². The van der Waals surface area contributed by atoms with Crippen LogP contribution in [0.25, 0.3) is 0 Å². The first-order chi connectivity index (χ1) is 7.18. The third-order valence-electron chi connectivity index (χ3n) is 3.48. The SMILES string of the molecule is NC(=O)C1CCCN(C2CNCC2O)C1. The summed E-state index contributed by atoms with van der Waals surface area (Å²) in [5.41, 5.74) is 5.32. The van der Waals surface area contributed by atoms with Crippen LogP contribution in [0.1, 0.15) is 12.8 Å². The van der Waals surface area contributed by atoms with Crippen molar-refractivity contribution in [2.45, 2.75) is 25.0 Å². The van der Waals surface area contributed by atoms with Crippen LogP contribution in [0.4, 0.5) is 0 Å². The molecule has 0 bridgehead atoms. The maximum Gasteiger partial charge on any atom is 0.221 e. The largest absolute Gasteiger partial charge is 0.390 e. The van der Waals surface area contributed by atoms with Crippen LogP contribution in [0.15, 0.2) is 0 Å². The van der Waals surface area contributed by atoms with E-state index in [0.717, 1.165) is 25.9 Å². The molecule has 2 fully saturated rings. The van der Waals surface area contributed by atoms with Gasteiger partial charge in [-0.2, -0.15) is 0 Å². The van der Waals surface area contributed by atoms with E-state index in [-0.39, 0.29) is 24.0 Å². The molecule has 0 aromatic heterocycles. The van der Waals surface area contributed by atoms with E-state index in [1.54, 1.807) is 0 Å². The Labute approximate surface area is 89.6 Å². The van der Waals surface area contributed by atoms with Crippen LogP contribution >= 0.6 is 0 Å². The van der Waals surface area contributed by atoms with Crippen LogP contribution in [0.2, 0.25) is 0 Å². The van der Waals surface area contributed by atoms with Gasteiger partial charge >= 0.3 is 0 Å². The molecule has 2 aliphatic rings. The van der Waals surface area contributed by atoms with E-state index in [1.165, 1.54) is 0 Å². The van der Waals surface area contributed by atoms with E-state index in [4.69, 9.17) is 5.73 Å². The van der Waals surface area contributed by atoms with Crippen LogP contribution in [0, 0.1) is 5.92 Å². The molecule has 3 atom stereocenters. The van der Waals surface area contributed by atoms with Crippen molar-refractivity contribution in [3.63, 3.8) is 0 Å². The second-order valence-electron chi connectivity index (χ2n) is 4.53. The normalized spacial score (nSPS) is 38.1. The predicted molar refractivity (Wildman–Crippen MR) is 56.2 cm³/mol. The third-order valence-corrected chi connectivity index (χ3v) is 3.48. The van der Waals surface area contributed by atoms with Gasteiger partial charge in [0.05, 0.1) is 12.0 Å². The number of β-amino-alcohol motifs (C(OH)–C–C–N with tert-alkyl or cyclic N) is 1. The van der Waals surface area contributed by atoms with Crippen molar-refractivity contribution in [1.82, 2.24) is 10.2 Å². The number of nitrogens with one attached hydrogen (secondary N) is 1. The molecular weight excluding hydrogens is 194 g/mol. The second kappa shape index (κ2) is 4.47. The molecule has 5 heteroatoms. The monoisotopic (exact) mass is 213 g/mol. The van der Waals surface area contributed by atoms with Crippen molar-refractivity contribution in [1.29, 1.82) is 0 Å². The highest BCUT2D eigenvalue weighted by Crippen LogP contribution is 2.20. The molecule has 0 aliphatic carbocycles. The first kappa shape index (κ1) is 10.9. The van der Waals surface area contributed by atoms with Gasteiger partial charge in [-0.25, -0.2) is 0 Å². The highest BCUT2D eigenvalue weighted by molar-refractivity contribution is 5.76. The molecule has 2 rings (SSSR count). The molecule has 4 N–H and O–H groups in total. The Balaban J connectivity index is 1.94.